The van der Waals surface area contributed by atoms with Crippen LogP contribution in [-0.4, -0.2) is 0 Å². The van der Waals surface area contributed by atoms with Crippen LogP contribution in [0.5, 0.6) is 0 Å². The lowest BCUT2D eigenvalue weighted by Crippen LogP contribution is -2.13. The van der Waals surface area contributed by atoms with Gasteiger partial charge in [-0.1, -0.05) is 44.0 Å². The topological polar surface area (TPSA) is 0 Å². The predicted molar refractivity (Wildman–Crippen MR) is 88.5 cm³/mol. The van der Waals surface area contributed by atoms with Crippen LogP contribution in [0.1, 0.15) is 62.5 Å². The molecule has 2 aromatic carbocycles. The summed E-state index contributed by atoms with van der Waals surface area (Å²) >= 11 is 0. The van der Waals surface area contributed by atoms with Crippen molar-refractivity contribution >= 4 is 10.8 Å². The lowest BCUT2D eigenvalue weighted by Gasteiger charge is -2.28. The first-order valence-electron chi connectivity index (χ1n) is 8.69. The summed E-state index contributed by atoms with van der Waals surface area (Å²) in [6.07, 6.45) is 2.46. The van der Waals surface area contributed by atoms with E-state index in [1.54, 1.807) is 6.07 Å². The molecule has 0 radical (unpaired) electrons. The first-order chi connectivity index (χ1) is 11.4. The van der Waals surface area contributed by atoms with E-state index in [4.69, 9.17) is 0 Å². The minimum atomic E-state index is -4.66. The molecule has 1 saturated carbocycles. The van der Waals surface area contributed by atoms with Gasteiger partial charge in [0, 0.05) is 5.39 Å². The van der Waals surface area contributed by atoms with E-state index in [1.807, 2.05) is 6.07 Å². The predicted octanol–water partition coefficient (Wildman–Crippen LogP) is 7.07. The van der Waals surface area contributed by atoms with Crippen LogP contribution in [0.3, 0.4) is 0 Å². The molecule has 0 atom stereocenters. The van der Waals surface area contributed by atoms with Crippen molar-refractivity contribution in [3.63, 3.8) is 0 Å². The molecule has 1 aliphatic rings. The van der Waals surface area contributed by atoms with E-state index >= 15 is 0 Å². The fourth-order valence-corrected chi connectivity index (χ4v) is 3.98. The van der Waals surface area contributed by atoms with Crippen LogP contribution in [0, 0.1) is 11.7 Å². The van der Waals surface area contributed by atoms with Gasteiger partial charge in [0.2, 0.25) is 0 Å². The molecule has 130 valence electrons. The molecule has 4 heteroatoms. The van der Waals surface area contributed by atoms with Gasteiger partial charge in [-0.15, -0.1) is 0 Å². The Morgan fingerprint density at radius 2 is 1.71 bits per heavy atom. The molecule has 2 aromatic rings. The zero-order valence-electron chi connectivity index (χ0n) is 13.8. The molecule has 0 bridgehead atoms. The normalized spacial score (nSPS) is 22.0. The van der Waals surface area contributed by atoms with E-state index in [9.17, 15) is 17.6 Å². The Labute approximate surface area is 139 Å². The van der Waals surface area contributed by atoms with Crippen molar-refractivity contribution in [3.05, 3.63) is 47.3 Å². The number of rotatable bonds is 3. The average Bonchev–Trinajstić information content (AvgIpc) is 2.54. The number of hydrogen-bond donors (Lipinski definition) is 0. The Morgan fingerprint density at radius 3 is 2.33 bits per heavy atom. The van der Waals surface area contributed by atoms with Crippen LogP contribution in [0.4, 0.5) is 17.6 Å². The molecule has 0 unspecified atom stereocenters. The zero-order valence-corrected chi connectivity index (χ0v) is 13.8. The van der Waals surface area contributed by atoms with Crippen molar-refractivity contribution in [1.29, 1.82) is 0 Å². The van der Waals surface area contributed by atoms with Gasteiger partial charge in [0.1, 0.15) is 5.82 Å². The fraction of sp³-hybridized carbons (Fsp3) is 0.500. The Kier molecular flexibility index (Phi) is 4.84. The van der Waals surface area contributed by atoms with E-state index < -0.39 is 17.6 Å². The second-order valence-corrected chi connectivity index (χ2v) is 6.91. The largest absolute Gasteiger partial charge is 0.419 e. The SMILES string of the molecule is CCCC1CCC(c2ccc3c(F)c(C(F)(F)F)ccc3c2)CC1. The summed E-state index contributed by atoms with van der Waals surface area (Å²) in [7, 11) is 0. The lowest BCUT2D eigenvalue weighted by atomic mass is 9.77. The number of fused-ring (bicyclic) bond motifs is 1. The molecule has 0 N–H and O–H groups in total. The van der Waals surface area contributed by atoms with E-state index in [0.29, 0.717) is 11.3 Å². The second kappa shape index (κ2) is 6.73. The Balaban J connectivity index is 1.85. The number of benzene rings is 2. The minimum Gasteiger partial charge on any atom is -0.206 e. The molecule has 0 nitrogen and oxygen atoms in total. The van der Waals surface area contributed by atoms with Crippen molar-refractivity contribution in [1.82, 2.24) is 0 Å². The van der Waals surface area contributed by atoms with Gasteiger partial charge in [0.15, 0.2) is 0 Å². The number of halogens is 4. The van der Waals surface area contributed by atoms with Gasteiger partial charge < -0.3 is 0 Å². The van der Waals surface area contributed by atoms with Gasteiger partial charge in [-0.2, -0.15) is 13.2 Å². The lowest BCUT2D eigenvalue weighted by molar-refractivity contribution is -0.139. The van der Waals surface area contributed by atoms with Crippen LogP contribution >= 0.6 is 0 Å². The molecule has 1 fully saturated rings. The zero-order chi connectivity index (χ0) is 17.3. The van der Waals surface area contributed by atoms with Crippen LogP contribution in [0.25, 0.3) is 10.8 Å². The van der Waals surface area contributed by atoms with Crippen molar-refractivity contribution < 1.29 is 17.6 Å². The third-order valence-corrected chi connectivity index (χ3v) is 5.30. The quantitative estimate of drug-likeness (QED) is 0.525. The Morgan fingerprint density at radius 1 is 1.00 bits per heavy atom. The van der Waals surface area contributed by atoms with Crippen LogP contribution in [0.2, 0.25) is 0 Å². The summed E-state index contributed by atoms with van der Waals surface area (Å²) < 4.78 is 52.6. The first-order valence-corrected chi connectivity index (χ1v) is 8.69. The molecule has 0 amide bonds. The van der Waals surface area contributed by atoms with E-state index in [2.05, 4.69) is 6.92 Å². The summed E-state index contributed by atoms with van der Waals surface area (Å²) in [6.45, 7) is 2.21. The molecule has 3 rings (SSSR count). The maximum Gasteiger partial charge on any atom is 0.419 e. The van der Waals surface area contributed by atoms with Gasteiger partial charge in [-0.3, -0.25) is 0 Å². The maximum absolute atomic E-state index is 14.2. The second-order valence-electron chi connectivity index (χ2n) is 6.91. The molecule has 0 spiro atoms. The summed E-state index contributed by atoms with van der Waals surface area (Å²) in [5.41, 5.74) is -0.0700. The average molecular weight is 338 g/mol. The standard InChI is InChI=1S/C20H22F4/c1-2-3-13-4-6-14(7-5-13)15-8-10-17-16(12-15)9-11-18(19(17)21)20(22,23)24/h8-14H,2-7H2,1H3. The van der Waals surface area contributed by atoms with Crippen LogP contribution in [0.15, 0.2) is 30.3 Å². The molecule has 24 heavy (non-hydrogen) atoms. The monoisotopic (exact) mass is 338 g/mol. The van der Waals surface area contributed by atoms with Gasteiger partial charge >= 0.3 is 6.18 Å². The fourth-order valence-electron chi connectivity index (χ4n) is 3.98. The Hall–Kier alpha value is -1.58. The first kappa shape index (κ1) is 17.2. The number of hydrogen-bond acceptors (Lipinski definition) is 0. The molecular formula is C20H22F4. The summed E-state index contributed by atoms with van der Waals surface area (Å²) in [5, 5.41) is 0.599. The summed E-state index contributed by atoms with van der Waals surface area (Å²) in [6, 6.07) is 7.40. The highest BCUT2D eigenvalue weighted by molar-refractivity contribution is 5.84. The minimum absolute atomic E-state index is 0.0493. The molecule has 1 aliphatic carbocycles. The highest BCUT2D eigenvalue weighted by Crippen LogP contribution is 2.39. The van der Waals surface area contributed by atoms with Crippen molar-refractivity contribution in [2.75, 3.05) is 0 Å². The molecule has 0 aromatic heterocycles. The van der Waals surface area contributed by atoms with Crippen molar-refractivity contribution in [3.8, 4) is 0 Å². The van der Waals surface area contributed by atoms with Gasteiger partial charge in [0.25, 0.3) is 0 Å². The van der Waals surface area contributed by atoms with Crippen LogP contribution < -0.4 is 0 Å². The van der Waals surface area contributed by atoms with Gasteiger partial charge in [-0.05, 0) is 54.5 Å². The highest BCUT2D eigenvalue weighted by Gasteiger charge is 2.34. The van der Waals surface area contributed by atoms with Crippen molar-refractivity contribution in [2.24, 2.45) is 5.92 Å². The summed E-state index contributed by atoms with van der Waals surface area (Å²) in [5.74, 6) is 0.0737. The summed E-state index contributed by atoms with van der Waals surface area (Å²) in [4.78, 5) is 0. The number of alkyl halides is 3. The Bertz CT molecular complexity index is 709. The van der Waals surface area contributed by atoms with E-state index in [0.717, 1.165) is 30.4 Å². The molecule has 0 saturated heterocycles. The molecule has 0 heterocycles. The van der Waals surface area contributed by atoms with E-state index in [-0.39, 0.29) is 5.39 Å². The van der Waals surface area contributed by atoms with E-state index in [1.165, 1.54) is 37.8 Å². The highest BCUT2D eigenvalue weighted by atomic mass is 19.4. The van der Waals surface area contributed by atoms with Crippen molar-refractivity contribution in [2.45, 2.75) is 57.5 Å². The molecular weight excluding hydrogens is 316 g/mol. The third kappa shape index (κ3) is 3.42. The third-order valence-electron chi connectivity index (χ3n) is 5.30. The van der Waals surface area contributed by atoms with Gasteiger partial charge in [0.05, 0.1) is 5.56 Å². The molecule has 0 aliphatic heterocycles. The smallest absolute Gasteiger partial charge is 0.206 e. The van der Waals surface area contributed by atoms with Gasteiger partial charge in [-0.25, -0.2) is 4.39 Å². The van der Waals surface area contributed by atoms with Crippen LogP contribution in [-0.2, 0) is 6.18 Å². The maximum atomic E-state index is 14.2.